The molecule has 6 aromatic carbocycles. The van der Waals surface area contributed by atoms with Gasteiger partial charge in [0.15, 0.2) is 0 Å². The van der Waals surface area contributed by atoms with Crippen LogP contribution < -0.4 is 4.74 Å². The van der Waals surface area contributed by atoms with Crippen LogP contribution in [0.3, 0.4) is 0 Å². The van der Waals surface area contributed by atoms with E-state index in [-0.39, 0.29) is 6.61 Å². The summed E-state index contributed by atoms with van der Waals surface area (Å²) in [5.74, 6) is 0.664. The number of rotatable bonds is 15. The molecule has 0 aliphatic carbocycles. The fraction of sp³-hybridized carbons (Fsp3) is 0.227. The summed E-state index contributed by atoms with van der Waals surface area (Å²) < 4.78 is 41.3. The molecular weight excluding hydrogens is 704 g/mol. The van der Waals surface area contributed by atoms with E-state index in [0.29, 0.717) is 32.2 Å². The van der Waals surface area contributed by atoms with E-state index in [4.69, 9.17) is 28.4 Å². The van der Waals surface area contributed by atoms with Crippen LogP contribution in [0, 0.1) is 0 Å². The van der Waals surface area contributed by atoms with Gasteiger partial charge >= 0.3 is 0 Å². The molecule has 1 aliphatic heterocycles. The van der Waals surface area contributed by atoms with Crippen LogP contribution in [0.2, 0.25) is 0 Å². The first kappa shape index (κ1) is 35.1. The smallest absolute Gasteiger partial charge is 0.229 e. The van der Waals surface area contributed by atoms with Crippen molar-refractivity contribution in [1.29, 1.82) is 0 Å². The summed E-state index contributed by atoms with van der Waals surface area (Å²) >= 11 is 3.58. The van der Waals surface area contributed by atoms with E-state index in [2.05, 4.69) is 64.5 Å². The largest absolute Gasteiger partial charge is 0.462 e. The molecule has 0 spiro atoms. The van der Waals surface area contributed by atoms with Gasteiger partial charge in [0.05, 0.1) is 33.0 Å². The van der Waals surface area contributed by atoms with Gasteiger partial charge in [-0.2, -0.15) is 0 Å². The number of hydrogen-bond donors (Lipinski definition) is 0. The van der Waals surface area contributed by atoms with Crippen LogP contribution in [-0.2, 0) is 50.1 Å². The van der Waals surface area contributed by atoms with Gasteiger partial charge in [0, 0.05) is 4.47 Å². The highest BCUT2D eigenvalue weighted by atomic mass is 79.9. The molecule has 7 heteroatoms. The quantitative estimate of drug-likeness (QED) is 0.104. The van der Waals surface area contributed by atoms with Gasteiger partial charge < -0.3 is 28.4 Å². The molecule has 6 aromatic rings. The summed E-state index contributed by atoms with van der Waals surface area (Å²) in [6.45, 7) is 1.76. The molecule has 0 radical (unpaired) electrons. The third kappa shape index (κ3) is 9.71. The molecular formula is C44H41BrO6. The average molecular weight is 746 g/mol. The molecule has 0 N–H and O–H groups in total. The van der Waals surface area contributed by atoms with E-state index in [1.165, 1.54) is 0 Å². The molecule has 0 bridgehead atoms. The van der Waals surface area contributed by atoms with Gasteiger partial charge in [-0.1, -0.05) is 149 Å². The first-order valence-electron chi connectivity index (χ1n) is 17.3. The van der Waals surface area contributed by atoms with Crippen LogP contribution in [0.4, 0.5) is 0 Å². The predicted octanol–water partition coefficient (Wildman–Crippen LogP) is 9.68. The maximum Gasteiger partial charge on any atom is 0.229 e. The summed E-state index contributed by atoms with van der Waals surface area (Å²) in [5, 5.41) is 2.15. The molecule has 1 saturated heterocycles. The van der Waals surface area contributed by atoms with E-state index in [9.17, 15) is 0 Å². The monoisotopic (exact) mass is 744 g/mol. The van der Waals surface area contributed by atoms with E-state index in [1.807, 2.05) is 109 Å². The van der Waals surface area contributed by atoms with E-state index in [0.717, 1.165) is 37.5 Å². The van der Waals surface area contributed by atoms with Crippen molar-refractivity contribution in [2.24, 2.45) is 0 Å². The van der Waals surface area contributed by atoms with Gasteiger partial charge in [-0.25, -0.2) is 0 Å². The Morgan fingerprint density at radius 3 is 1.51 bits per heavy atom. The van der Waals surface area contributed by atoms with E-state index in [1.54, 1.807) is 0 Å². The minimum absolute atomic E-state index is 0.260. The Labute approximate surface area is 308 Å². The third-order valence-electron chi connectivity index (χ3n) is 8.87. The van der Waals surface area contributed by atoms with Crippen molar-refractivity contribution in [2.75, 3.05) is 6.61 Å². The van der Waals surface area contributed by atoms with Crippen molar-refractivity contribution in [3.05, 3.63) is 184 Å². The lowest BCUT2D eigenvalue weighted by Crippen LogP contribution is -2.62. The molecule has 5 atom stereocenters. The van der Waals surface area contributed by atoms with Crippen LogP contribution in [0.5, 0.6) is 5.75 Å². The van der Waals surface area contributed by atoms with Crippen molar-refractivity contribution in [3.63, 3.8) is 0 Å². The molecule has 7 rings (SSSR count). The van der Waals surface area contributed by atoms with Crippen LogP contribution in [0.15, 0.2) is 162 Å². The van der Waals surface area contributed by atoms with Gasteiger partial charge in [0.25, 0.3) is 0 Å². The molecule has 0 aromatic heterocycles. The Kier molecular flexibility index (Phi) is 12.2. The highest BCUT2D eigenvalue weighted by Crippen LogP contribution is 2.33. The summed E-state index contributed by atoms with van der Waals surface area (Å²) in [7, 11) is 0. The Hall–Kier alpha value is -4.34. The summed E-state index contributed by atoms with van der Waals surface area (Å²) in [5.41, 5.74) is 4.20. The van der Waals surface area contributed by atoms with Crippen LogP contribution in [0.1, 0.15) is 22.3 Å². The SMILES string of the molecule is Brc1ccc2cc(O[C@@H]3O[C@H](COCc4ccccc4)[C@@H](OCc4ccccc4)[C@H](OCc4ccccc4)[C@H]3OCc3ccccc3)ccc2c1. The first-order valence-corrected chi connectivity index (χ1v) is 18.1. The maximum atomic E-state index is 6.86. The molecule has 0 amide bonds. The molecule has 6 nitrogen and oxygen atoms in total. The van der Waals surface area contributed by atoms with Crippen molar-refractivity contribution < 1.29 is 28.4 Å². The minimum atomic E-state index is -0.829. The normalized spacial score (nSPS) is 20.3. The Balaban J connectivity index is 1.22. The van der Waals surface area contributed by atoms with Crippen LogP contribution in [0.25, 0.3) is 10.8 Å². The van der Waals surface area contributed by atoms with Crippen LogP contribution >= 0.6 is 15.9 Å². The third-order valence-corrected chi connectivity index (χ3v) is 9.36. The van der Waals surface area contributed by atoms with Crippen molar-refractivity contribution in [1.82, 2.24) is 0 Å². The molecule has 1 heterocycles. The minimum Gasteiger partial charge on any atom is -0.462 e. The van der Waals surface area contributed by atoms with Crippen LogP contribution in [-0.4, -0.2) is 37.3 Å². The second-order valence-electron chi connectivity index (χ2n) is 12.6. The highest BCUT2D eigenvalue weighted by molar-refractivity contribution is 9.10. The fourth-order valence-electron chi connectivity index (χ4n) is 6.24. The number of hydrogen-bond acceptors (Lipinski definition) is 6. The standard InChI is InChI=1S/C44H41BrO6/c45-38-23-21-37-26-39(24-22-36(37)25-38)50-44-43(49-30-35-19-11-4-12-20-35)42(48-29-34-17-9-3-10-18-34)41(47-28-33-15-7-2-8-16-33)40(51-44)31-46-27-32-13-5-1-6-14-32/h1-26,40-44H,27-31H2/t40-,41-,42+,43-,44-/m1/s1. The number of ether oxygens (including phenoxy) is 6. The number of fused-ring (bicyclic) bond motifs is 1. The van der Waals surface area contributed by atoms with E-state index >= 15 is 0 Å². The zero-order chi connectivity index (χ0) is 34.7. The second-order valence-corrected chi connectivity index (χ2v) is 13.5. The molecule has 0 saturated carbocycles. The molecule has 260 valence electrons. The highest BCUT2D eigenvalue weighted by Gasteiger charge is 2.49. The van der Waals surface area contributed by atoms with Gasteiger partial charge in [0.2, 0.25) is 6.29 Å². The van der Waals surface area contributed by atoms with E-state index < -0.39 is 30.7 Å². The predicted molar refractivity (Wildman–Crippen MR) is 202 cm³/mol. The lowest BCUT2D eigenvalue weighted by molar-refractivity contribution is -0.310. The lowest BCUT2D eigenvalue weighted by Gasteiger charge is -2.45. The summed E-state index contributed by atoms with van der Waals surface area (Å²) in [4.78, 5) is 0. The summed E-state index contributed by atoms with van der Waals surface area (Å²) in [6.07, 6.45) is -3.13. The second kappa shape index (κ2) is 17.7. The van der Waals surface area contributed by atoms with Gasteiger partial charge in [-0.15, -0.1) is 0 Å². The Bertz CT molecular complexity index is 1930. The molecule has 1 aliphatic rings. The number of benzene rings is 6. The van der Waals surface area contributed by atoms with Crippen molar-refractivity contribution in [2.45, 2.75) is 57.1 Å². The van der Waals surface area contributed by atoms with Crippen molar-refractivity contribution in [3.8, 4) is 5.75 Å². The molecule has 51 heavy (non-hydrogen) atoms. The molecule has 0 unspecified atom stereocenters. The summed E-state index contributed by atoms with van der Waals surface area (Å²) in [6, 6.07) is 52.7. The average Bonchev–Trinajstić information content (AvgIpc) is 3.18. The number of halogens is 1. The van der Waals surface area contributed by atoms with Gasteiger partial charge in [0.1, 0.15) is 30.2 Å². The first-order chi connectivity index (χ1) is 25.2. The Morgan fingerprint density at radius 1 is 0.471 bits per heavy atom. The molecule has 1 fully saturated rings. The lowest BCUT2D eigenvalue weighted by atomic mass is 9.97. The Morgan fingerprint density at radius 2 is 0.941 bits per heavy atom. The maximum absolute atomic E-state index is 6.86. The zero-order valence-corrected chi connectivity index (χ0v) is 29.8. The zero-order valence-electron chi connectivity index (χ0n) is 28.3. The van der Waals surface area contributed by atoms with Gasteiger partial charge in [-0.05, 0) is 57.3 Å². The van der Waals surface area contributed by atoms with Gasteiger partial charge in [-0.3, -0.25) is 0 Å². The van der Waals surface area contributed by atoms with Crippen molar-refractivity contribution >= 4 is 26.7 Å². The fourth-order valence-corrected chi connectivity index (χ4v) is 6.62. The topological polar surface area (TPSA) is 55.4 Å².